The lowest BCUT2D eigenvalue weighted by molar-refractivity contribution is 0.560. The van der Waals surface area contributed by atoms with Crippen molar-refractivity contribution in [3.05, 3.63) is 58.8 Å². The molecule has 0 aliphatic carbocycles. The second-order valence-electron chi connectivity index (χ2n) is 4.87. The Morgan fingerprint density at radius 3 is 2.09 bits per heavy atom. The second-order valence-corrected chi connectivity index (χ2v) is 5.31. The number of oxazole rings is 2. The molecule has 2 aromatic heterocycles. The van der Waals surface area contributed by atoms with E-state index in [9.17, 15) is 0 Å². The third kappa shape index (κ3) is 3.33. The SMILES string of the molecule is Cc1nc2cc(C#N)ccc2o1.Cc1nc2cc(Cl)ccc2o1. The van der Waals surface area contributed by atoms with Crippen LogP contribution in [0.5, 0.6) is 0 Å². The van der Waals surface area contributed by atoms with E-state index in [1.807, 2.05) is 19.1 Å². The number of hydrogen-bond donors (Lipinski definition) is 0. The average molecular weight is 326 g/mol. The minimum absolute atomic E-state index is 0.607. The minimum Gasteiger partial charge on any atom is -0.441 e. The number of aromatic nitrogens is 2. The summed E-state index contributed by atoms with van der Waals surface area (Å²) in [5.74, 6) is 1.29. The van der Waals surface area contributed by atoms with Crippen LogP contribution in [-0.4, -0.2) is 9.97 Å². The number of aryl methyl sites for hydroxylation is 2. The summed E-state index contributed by atoms with van der Waals surface area (Å²) in [6.45, 7) is 3.60. The van der Waals surface area contributed by atoms with E-state index in [0.717, 1.165) is 22.2 Å². The number of hydrogen-bond acceptors (Lipinski definition) is 5. The van der Waals surface area contributed by atoms with E-state index in [2.05, 4.69) is 9.97 Å². The van der Waals surface area contributed by atoms with Crippen LogP contribution in [0.1, 0.15) is 17.3 Å². The maximum absolute atomic E-state index is 8.60. The van der Waals surface area contributed by atoms with Gasteiger partial charge in [-0.15, -0.1) is 0 Å². The molecule has 0 aliphatic rings. The second kappa shape index (κ2) is 6.11. The summed E-state index contributed by atoms with van der Waals surface area (Å²) >= 11 is 5.75. The van der Waals surface area contributed by atoms with Gasteiger partial charge in [-0.05, 0) is 36.4 Å². The first kappa shape index (κ1) is 15.1. The van der Waals surface area contributed by atoms with Gasteiger partial charge in [0.1, 0.15) is 11.0 Å². The van der Waals surface area contributed by atoms with Crippen molar-refractivity contribution in [2.24, 2.45) is 0 Å². The fourth-order valence-electron chi connectivity index (χ4n) is 2.13. The summed E-state index contributed by atoms with van der Waals surface area (Å²) < 4.78 is 10.5. The molecule has 4 aromatic rings. The van der Waals surface area contributed by atoms with Crippen LogP contribution < -0.4 is 0 Å². The van der Waals surface area contributed by atoms with E-state index in [0.29, 0.717) is 22.4 Å². The summed E-state index contributed by atoms with van der Waals surface area (Å²) in [5, 5.41) is 9.28. The zero-order valence-electron chi connectivity index (χ0n) is 12.5. The molecule has 0 N–H and O–H groups in total. The monoisotopic (exact) mass is 325 g/mol. The van der Waals surface area contributed by atoms with Gasteiger partial charge in [0.15, 0.2) is 22.9 Å². The largest absolute Gasteiger partial charge is 0.441 e. The molecule has 2 aromatic carbocycles. The van der Waals surface area contributed by atoms with Gasteiger partial charge < -0.3 is 8.83 Å². The van der Waals surface area contributed by atoms with Crippen molar-refractivity contribution < 1.29 is 8.83 Å². The van der Waals surface area contributed by atoms with Crippen LogP contribution in [0.4, 0.5) is 0 Å². The molecule has 0 unspecified atom stereocenters. The molecule has 6 heteroatoms. The molecule has 114 valence electrons. The van der Waals surface area contributed by atoms with Gasteiger partial charge in [0.05, 0.1) is 11.6 Å². The van der Waals surface area contributed by atoms with Crippen LogP contribution >= 0.6 is 11.6 Å². The lowest BCUT2D eigenvalue weighted by Crippen LogP contribution is -1.73. The van der Waals surface area contributed by atoms with E-state index < -0.39 is 0 Å². The van der Waals surface area contributed by atoms with Crippen molar-refractivity contribution in [2.45, 2.75) is 13.8 Å². The first-order valence-electron chi connectivity index (χ1n) is 6.85. The highest BCUT2D eigenvalue weighted by Crippen LogP contribution is 2.19. The Bertz CT molecular complexity index is 1030. The number of nitrogens with zero attached hydrogens (tertiary/aromatic N) is 3. The Kier molecular flexibility index (Phi) is 4.00. The molecule has 0 radical (unpaired) electrons. The maximum atomic E-state index is 8.60. The molecule has 0 aliphatic heterocycles. The molecule has 4 rings (SSSR count). The third-order valence-electron chi connectivity index (χ3n) is 3.08. The van der Waals surface area contributed by atoms with Crippen LogP contribution in [0.3, 0.4) is 0 Å². The molecular formula is C17H12ClN3O2. The first-order chi connectivity index (χ1) is 11.0. The molecule has 0 fully saturated rings. The summed E-state index contributed by atoms with van der Waals surface area (Å²) in [6.07, 6.45) is 0. The Morgan fingerprint density at radius 2 is 1.48 bits per heavy atom. The van der Waals surface area contributed by atoms with Crippen molar-refractivity contribution in [3.8, 4) is 6.07 Å². The molecule has 0 amide bonds. The zero-order valence-corrected chi connectivity index (χ0v) is 13.3. The van der Waals surface area contributed by atoms with Gasteiger partial charge in [0, 0.05) is 18.9 Å². The standard InChI is InChI=1S/C9H6N2O.C8H6ClNO/c1-6-11-8-4-7(5-10)2-3-9(8)12-6;1-5-10-7-4-6(9)2-3-8(7)11-5/h2-4H,1H3;2-4H,1H3. The van der Waals surface area contributed by atoms with Gasteiger partial charge in [-0.3, -0.25) is 0 Å². The average Bonchev–Trinajstić information content (AvgIpc) is 3.07. The zero-order chi connectivity index (χ0) is 16.4. The van der Waals surface area contributed by atoms with Gasteiger partial charge in [-0.1, -0.05) is 11.6 Å². The van der Waals surface area contributed by atoms with Crippen LogP contribution in [0.15, 0.2) is 45.2 Å². The molecule has 0 saturated heterocycles. The maximum Gasteiger partial charge on any atom is 0.192 e. The number of nitriles is 1. The third-order valence-corrected chi connectivity index (χ3v) is 3.32. The lowest BCUT2D eigenvalue weighted by atomic mass is 10.2. The van der Waals surface area contributed by atoms with E-state index in [1.54, 1.807) is 37.3 Å². The molecule has 0 saturated carbocycles. The summed E-state index contributed by atoms with van der Waals surface area (Å²) in [6, 6.07) is 12.6. The predicted octanol–water partition coefficient (Wildman–Crippen LogP) is 4.80. The number of benzene rings is 2. The predicted molar refractivity (Wildman–Crippen MR) is 87.2 cm³/mol. The van der Waals surface area contributed by atoms with Gasteiger partial charge in [-0.2, -0.15) is 5.26 Å². The molecular weight excluding hydrogens is 314 g/mol. The quantitative estimate of drug-likeness (QED) is 0.464. The van der Waals surface area contributed by atoms with E-state index in [1.165, 1.54) is 0 Å². The lowest BCUT2D eigenvalue weighted by Gasteiger charge is -1.85. The summed E-state index contributed by atoms with van der Waals surface area (Å²) in [5.41, 5.74) is 3.68. The highest BCUT2D eigenvalue weighted by Gasteiger charge is 2.02. The van der Waals surface area contributed by atoms with Crippen molar-refractivity contribution >= 4 is 33.8 Å². The fourth-order valence-corrected chi connectivity index (χ4v) is 2.29. The Balaban J connectivity index is 0.000000136. The topological polar surface area (TPSA) is 75.8 Å². The number of halogens is 1. The van der Waals surface area contributed by atoms with Crippen molar-refractivity contribution in [1.82, 2.24) is 9.97 Å². The highest BCUT2D eigenvalue weighted by molar-refractivity contribution is 6.31. The van der Waals surface area contributed by atoms with E-state index >= 15 is 0 Å². The summed E-state index contributed by atoms with van der Waals surface area (Å²) in [7, 11) is 0. The van der Waals surface area contributed by atoms with E-state index in [4.69, 9.17) is 25.7 Å². The fraction of sp³-hybridized carbons (Fsp3) is 0.118. The highest BCUT2D eigenvalue weighted by atomic mass is 35.5. The molecule has 0 atom stereocenters. The molecule has 2 heterocycles. The summed E-state index contributed by atoms with van der Waals surface area (Å²) in [4.78, 5) is 8.23. The molecule has 0 bridgehead atoms. The van der Waals surface area contributed by atoms with Crippen LogP contribution in [0, 0.1) is 25.2 Å². The Hall–Kier alpha value is -2.84. The number of fused-ring (bicyclic) bond motifs is 2. The minimum atomic E-state index is 0.607. The number of rotatable bonds is 0. The van der Waals surface area contributed by atoms with Gasteiger partial charge >= 0.3 is 0 Å². The van der Waals surface area contributed by atoms with Crippen LogP contribution in [0.25, 0.3) is 22.2 Å². The van der Waals surface area contributed by atoms with E-state index in [-0.39, 0.29) is 0 Å². The smallest absolute Gasteiger partial charge is 0.192 e. The molecule has 0 spiro atoms. The van der Waals surface area contributed by atoms with Gasteiger partial charge in [0.25, 0.3) is 0 Å². The van der Waals surface area contributed by atoms with Gasteiger partial charge in [0.2, 0.25) is 0 Å². The van der Waals surface area contributed by atoms with Crippen molar-refractivity contribution in [1.29, 1.82) is 5.26 Å². The van der Waals surface area contributed by atoms with Crippen LogP contribution in [0.2, 0.25) is 5.02 Å². The van der Waals surface area contributed by atoms with Crippen molar-refractivity contribution in [3.63, 3.8) is 0 Å². The molecule has 23 heavy (non-hydrogen) atoms. The van der Waals surface area contributed by atoms with Crippen molar-refractivity contribution in [2.75, 3.05) is 0 Å². The first-order valence-corrected chi connectivity index (χ1v) is 7.23. The molecule has 5 nitrogen and oxygen atoms in total. The van der Waals surface area contributed by atoms with Gasteiger partial charge in [-0.25, -0.2) is 9.97 Å². The Labute approximate surface area is 137 Å². The Morgan fingerprint density at radius 1 is 0.913 bits per heavy atom. The van der Waals surface area contributed by atoms with Crippen LogP contribution in [-0.2, 0) is 0 Å². The normalized spacial score (nSPS) is 10.3.